The molecule has 0 radical (unpaired) electrons. The predicted octanol–water partition coefficient (Wildman–Crippen LogP) is 0.656. The van der Waals surface area contributed by atoms with Gasteiger partial charge in [-0.25, -0.2) is 8.42 Å². The van der Waals surface area contributed by atoms with Crippen molar-refractivity contribution in [3.05, 3.63) is 29.8 Å². The van der Waals surface area contributed by atoms with Crippen LogP contribution in [0.25, 0.3) is 0 Å². The number of benzene rings is 1. The summed E-state index contributed by atoms with van der Waals surface area (Å²) in [6.07, 6.45) is -0.111. The normalized spacial score (nSPS) is 13.0. The third-order valence-corrected chi connectivity index (χ3v) is 4.39. The zero-order valence-corrected chi connectivity index (χ0v) is 11.9. The summed E-state index contributed by atoms with van der Waals surface area (Å²) in [7, 11) is -3.44. The SMILES string of the molecule is Cc1ccc(S(=O)(=O)CCC(=O)N[C@@H](C)CO)cc1. The highest BCUT2D eigenvalue weighted by molar-refractivity contribution is 7.91. The smallest absolute Gasteiger partial charge is 0.221 e. The van der Waals surface area contributed by atoms with Gasteiger partial charge in [0.1, 0.15) is 0 Å². The lowest BCUT2D eigenvalue weighted by Crippen LogP contribution is -2.35. The lowest BCUT2D eigenvalue weighted by atomic mass is 10.2. The number of sulfone groups is 1. The number of aliphatic hydroxyl groups excluding tert-OH is 1. The number of aliphatic hydroxyl groups is 1. The summed E-state index contributed by atoms with van der Waals surface area (Å²) in [5.41, 5.74) is 0.980. The summed E-state index contributed by atoms with van der Waals surface area (Å²) in [6.45, 7) is 3.35. The fourth-order valence-corrected chi connectivity index (χ4v) is 2.72. The van der Waals surface area contributed by atoms with Gasteiger partial charge in [-0.05, 0) is 26.0 Å². The molecule has 6 heteroatoms. The van der Waals surface area contributed by atoms with Crippen LogP contribution >= 0.6 is 0 Å². The molecular weight excluding hydrogens is 266 g/mol. The fraction of sp³-hybridized carbons (Fsp3) is 0.462. The molecule has 19 heavy (non-hydrogen) atoms. The van der Waals surface area contributed by atoms with Crippen LogP contribution in [0.5, 0.6) is 0 Å². The number of amides is 1. The maximum Gasteiger partial charge on any atom is 0.221 e. The monoisotopic (exact) mass is 285 g/mol. The molecule has 0 heterocycles. The van der Waals surface area contributed by atoms with E-state index in [0.29, 0.717) is 0 Å². The Bertz CT molecular complexity index is 522. The molecule has 0 saturated carbocycles. The number of nitrogens with one attached hydrogen (secondary N) is 1. The van der Waals surface area contributed by atoms with Gasteiger partial charge < -0.3 is 10.4 Å². The van der Waals surface area contributed by atoms with Gasteiger partial charge in [-0.15, -0.1) is 0 Å². The standard InChI is InChI=1S/C13H19NO4S/c1-10-3-5-12(6-4-10)19(17,18)8-7-13(16)14-11(2)9-15/h3-6,11,15H,7-9H2,1-2H3,(H,14,16)/t11-/m0/s1. The zero-order valence-electron chi connectivity index (χ0n) is 11.1. The summed E-state index contributed by atoms with van der Waals surface area (Å²) >= 11 is 0. The van der Waals surface area contributed by atoms with Crippen LogP contribution in [-0.4, -0.2) is 37.8 Å². The van der Waals surface area contributed by atoms with Crippen LogP contribution in [0.4, 0.5) is 0 Å². The Morgan fingerprint density at radius 3 is 2.42 bits per heavy atom. The van der Waals surface area contributed by atoms with Gasteiger partial charge in [0.15, 0.2) is 9.84 Å². The second-order valence-electron chi connectivity index (χ2n) is 4.53. The molecule has 0 aliphatic carbocycles. The first-order chi connectivity index (χ1) is 8.85. The second-order valence-corrected chi connectivity index (χ2v) is 6.64. The summed E-state index contributed by atoms with van der Waals surface area (Å²) in [4.78, 5) is 11.7. The molecule has 0 fully saturated rings. The van der Waals surface area contributed by atoms with Crippen molar-refractivity contribution in [1.29, 1.82) is 0 Å². The van der Waals surface area contributed by atoms with Crippen molar-refractivity contribution < 1.29 is 18.3 Å². The molecular formula is C13H19NO4S. The van der Waals surface area contributed by atoms with Crippen molar-refractivity contribution in [3.8, 4) is 0 Å². The van der Waals surface area contributed by atoms with E-state index in [-0.39, 0.29) is 35.6 Å². The summed E-state index contributed by atoms with van der Waals surface area (Å²) in [6, 6.07) is 6.16. The molecule has 1 aromatic rings. The second kappa shape index (κ2) is 6.68. The van der Waals surface area contributed by atoms with Crippen LogP contribution in [-0.2, 0) is 14.6 Å². The largest absolute Gasteiger partial charge is 0.394 e. The summed E-state index contributed by atoms with van der Waals surface area (Å²) in [5.74, 6) is -0.614. The van der Waals surface area contributed by atoms with Gasteiger partial charge in [0.2, 0.25) is 5.91 Å². The Morgan fingerprint density at radius 1 is 1.32 bits per heavy atom. The van der Waals surface area contributed by atoms with Gasteiger partial charge in [-0.3, -0.25) is 4.79 Å². The number of hydrogen-bond acceptors (Lipinski definition) is 4. The van der Waals surface area contributed by atoms with Crippen molar-refractivity contribution in [2.45, 2.75) is 31.2 Å². The summed E-state index contributed by atoms with van der Waals surface area (Å²) in [5, 5.41) is 11.3. The third kappa shape index (κ3) is 5.00. The highest BCUT2D eigenvalue weighted by atomic mass is 32.2. The van der Waals surface area contributed by atoms with Crippen molar-refractivity contribution in [2.75, 3.05) is 12.4 Å². The number of rotatable bonds is 6. The van der Waals surface area contributed by atoms with Crippen molar-refractivity contribution in [1.82, 2.24) is 5.32 Å². The van der Waals surface area contributed by atoms with E-state index >= 15 is 0 Å². The fourth-order valence-electron chi connectivity index (χ4n) is 1.48. The van der Waals surface area contributed by atoms with Gasteiger partial charge in [0, 0.05) is 12.5 Å². The van der Waals surface area contributed by atoms with E-state index in [4.69, 9.17) is 5.11 Å². The van der Waals surface area contributed by atoms with E-state index in [1.807, 2.05) is 6.92 Å². The summed E-state index contributed by atoms with van der Waals surface area (Å²) < 4.78 is 23.9. The van der Waals surface area contributed by atoms with E-state index in [1.54, 1.807) is 31.2 Å². The molecule has 2 N–H and O–H groups in total. The maximum atomic E-state index is 12.0. The van der Waals surface area contributed by atoms with Crippen LogP contribution in [0.2, 0.25) is 0 Å². The first-order valence-electron chi connectivity index (χ1n) is 6.05. The molecule has 0 spiro atoms. The van der Waals surface area contributed by atoms with Gasteiger partial charge in [0.25, 0.3) is 0 Å². The Hall–Kier alpha value is -1.40. The Balaban J connectivity index is 2.61. The lowest BCUT2D eigenvalue weighted by molar-refractivity contribution is -0.121. The van der Waals surface area contributed by atoms with Crippen LogP contribution in [0.3, 0.4) is 0 Å². The number of hydrogen-bond donors (Lipinski definition) is 2. The highest BCUT2D eigenvalue weighted by Gasteiger charge is 2.16. The van der Waals surface area contributed by atoms with Crippen molar-refractivity contribution in [3.63, 3.8) is 0 Å². The molecule has 0 aliphatic heterocycles. The molecule has 1 rings (SSSR count). The Labute approximate surface area is 113 Å². The predicted molar refractivity (Wildman–Crippen MR) is 72.5 cm³/mol. The maximum absolute atomic E-state index is 12.0. The van der Waals surface area contributed by atoms with Gasteiger partial charge >= 0.3 is 0 Å². The van der Waals surface area contributed by atoms with Crippen LogP contribution in [0.1, 0.15) is 18.9 Å². The van der Waals surface area contributed by atoms with E-state index in [1.165, 1.54) is 0 Å². The number of aryl methyl sites for hydroxylation is 1. The Morgan fingerprint density at radius 2 is 1.89 bits per heavy atom. The minimum Gasteiger partial charge on any atom is -0.394 e. The zero-order chi connectivity index (χ0) is 14.5. The molecule has 0 aliphatic rings. The third-order valence-electron chi connectivity index (χ3n) is 2.66. The van der Waals surface area contributed by atoms with E-state index in [0.717, 1.165) is 5.56 Å². The molecule has 0 saturated heterocycles. The van der Waals surface area contributed by atoms with E-state index in [9.17, 15) is 13.2 Å². The van der Waals surface area contributed by atoms with Gasteiger partial charge in [-0.2, -0.15) is 0 Å². The molecule has 0 aromatic heterocycles. The first kappa shape index (κ1) is 15.7. The molecule has 5 nitrogen and oxygen atoms in total. The molecule has 1 aromatic carbocycles. The van der Waals surface area contributed by atoms with Crippen LogP contribution in [0, 0.1) is 6.92 Å². The highest BCUT2D eigenvalue weighted by Crippen LogP contribution is 2.12. The Kier molecular flexibility index (Phi) is 5.50. The van der Waals surface area contributed by atoms with Gasteiger partial charge in [-0.1, -0.05) is 17.7 Å². The minimum absolute atomic E-state index is 0.111. The topological polar surface area (TPSA) is 83.5 Å². The average Bonchev–Trinajstić information content (AvgIpc) is 2.37. The number of carbonyl (C=O) groups is 1. The number of carbonyl (C=O) groups excluding carboxylic acids is 1. The molecule has 1 atom stereocenters. The minimum atomic E-state index is -3.44. The van der Waals surface area contributed by atoms with Gasteiger partial charge in [0.05, 0.1) is 17.3 Å². The van der Waals surface area contributed by atoms with Crippen LogP contribution < -0.4 is 5.32 Å². The average molecular weight is 285 g/mol. The van der Waals surface area contributed by atoms with E-state index in [2.05, 4.69) is 5.32 Å². The van der Waals surface area contributed by atoms with Crippen LogP contribution in [0.15, 0.2) is 29.2 Å². The molecule has 0 unspecified atom stereocenters. The molecule has 1 amide bonds. The lowest BCUT2D eigenvalue weighted by Gasteiger charge is -2.10. The van der Waals surface area contributed by atoms with E-state index < -0.39 is 9.84 Å². The van der Waals surface area contributed by atoms with Crippen molar-refractivity contribution in [2.24, 2.45) is 0 Å². The van der Waals surface area contributed by atoms with Crippen molar-refractivity contribution >= 4 is 15.7 Å². The quantitative estimate of drug-likeness (QED) is 0.804. The molecule has 0 bridgehead atoms. The first-order valence-corrected chi connectivity index (χ1v) is 7.70. The molecule has 106 valence electrons.